The lowest BCUT2D eigenvalue weighted by Crippen LogP contribution is -2.21. The normalized spacial score (nSPS) is 9.70. The van der Waals surface area contributed by atoms with E-state index in [-0.39, 0.29) is 11.7 Å². The van der Waals surface area contributed by atoms with Crippen LogP contribution in [0.3, 0.4) is 0 Å². The molecule has 0 rings (SSSR count). The van der Waals surface area contributed by atoms with Gasteiger partial charge >= 0.3 is 0 Å². The number of Topliss-reactive ketones (excluding diaryl/α,β-unsaturated/α-hetero) is 1. The van der Waals surface area contributed by atoms with Crippen molar-refractivity contribution < 1.29 is 4.79 Å². The van der Waals surface area contributed by atoms with Gasteiger partial charge in [0.25, 0.3) is 0 Å². The smallest absolute Gasteiger partial charge is 0.180 e. The molecule has 0 radical (unpaired) electrons. The van der Waals surface area contributed by atoms with E-state index in [9.17, 15) is 4.79 Å². The highest BCUT2D eigenvalue weighted by Gasteiger charge is 2.11. The number of likely N-dealkylation sites (N-methyl/N-ethyl adjacent to an activating group) is 1. The van der Waals surface area contributed by atoms with E-state index in [1.165, 1.54) is 0 Å². The summed E-state index contributed by atoms with van der Waals surface area (Å²) in [6.45, 7) is 7.40. The highest BCUT2D eigenvalue weighted by atomic mass is 16.1. The number of ketones is 1. The largest absolute Gasteiger partial charge is 0.375 e. The molecule has 0 unspecified atom stereocenters. The molecule has 58 valence electrons. The molecule has 10 heavy (non-hydrogen) atoms. The number of hydrogen-bond acceptors (Lipinski definition) is 2. The molecule has 0 fully saturated rings. The second-order valence-corrected chi connectivity index (χ2v) is 2.86. The molecule has 2 nitrogen and oxygen atoms in total. The maximum absolute atomic E-state index is 11.1. The van der Waals surface area contributed by atoms with Gasteiger partial charge in [0, 0.05) is 20.0 Å². The molecule has 0 aromatic heterocycles. The Hall–Kier alpha value is -0.790. The van der Waals surface area contributed by atoms with E-state index in [4.69, 9.17) is 0 Å². The van der Waals surface area contributed by atoms with Gasteiger partial charge in [-0.25, -0.2) is 0 Å². The molecule has 0 aliphatic heterocycles. The van der Waals surface area contributed by atoms with E-state index in [1.807, 2.05) is 27.9 Å². The van der Waals surface area contributed by atoms with E-state index >= 15 is 0 Å². The van der Waals surface area contributed by atoms with Crippen LogP contribution in [0.2, 0.25) is 0 Å². The summed E-state index contributed by atoms with van der Waals surface area (Å²) < 4.78 is 0. The van der Waals surface area contributed by atoms with Crippen LogP contribution in [0.4, 0.5) is 0 Å². The molecule has 0 aromatic rings. The maximum Gasteiger partial charge on any atom is 0.180 e. The minimum Gasteiger partial charge on any atom is -0.375 e. The molecular weight excluding hydrogens is 126 g/mol. The summed E-state index contributed by atoms with van der Waals surface area (Å²) in [5.41, 5.74) is 0.579. The first-order valence-electron chi connectivity index (χ1n) is 3.37. The van der Waals surface area contributed by atoms with Crippen LogP contribution in [0.15, 0.2) is 12.3 Å². The first-order chi connectivity index (χ1) is 4.46. The fourth-order valence-electron chi connectivity index (χ4n) is 0.554. The summed E-state index contributed by atoms with van der Waals surface area (Å²) in [5, 5.41) is 0. The van der Waals surface area contributed by atoms with Crippen molar-refractivity contribution in [3.8, 4) is 0 Å². The lowest BCUT2D eigenvalue weighted by atomic mass is 10.1. The Morgan fingerprint density at radius 2 is 1.80 bits per heavy atom. The Morgan fingerprint density at radius 1 is 1.40 bits per heavy atom. The zero-order valence-corrected chi connectivity index (χ0v) is 7.14. The molecule has 0 saturated heterocycles. The molecule has 0 amide bonds. The zero-order chi connectivity index (χ0) is 8.31. The first kappa shape index (κ1) is 9.21. The maximum atomic E-state index is 11.1. The average Bonchev–Trinajstić information content (AvgIpc) is 1.84. The molecule has 0 aromatic carbocycles. The van der Waals surface area contributed by atoms with E-state index in [0.29, 0.717) is 5.70 Å². The van der Waals surface area contributed by atoms with E-state index in [2.05, 4.69) is 6.58 Å². The number of carbonyl (C=O) groups is 1. The summed E-state index contributed by atoms with van der Waals surface area (Å²) in [4.78, 5) is 12.9. The molecule has 0 saturated carbocycles. The third kappa shape index (κ3) is 2.21. The van der Waals surface area contributed by atoms with Crippen molar-refractivity contribution in [2.75, 3.05) is 14.1 Å². The quantitative estimate of drug-likeness (QED) is 0.552. The van der Waals surface area contributed by atoms with Gasteiger partial charge in [-0.1, -0.05) is 20.4 Å². The number of nitrogens with zero attached hydrogens (tertiary/aromatic N) is 1. The molecule has 0 aliphatic rings. The fourth-order valence-corrected chi connectivity index (χ4v) is 0.554. The van der Waals surface area contributed by atoms with Crippen molar-refractivity contribution in [2.24, 2.45) is 5.92 Å². The Morgan fingerprint density at radius 3 is 1.90 bits per heavy atom. The van der Waals surface area contributed by atoms with Gasteiger partial charge in [-0.05, 0) is 0 Å². The zero-order valence-electron chi connectivity index (χ0n) is 7.14. The van der Waals surface area contributed by atoms with Crippen molar-refractivity contribution in [3.05, 3.63) is 12.3 Å². The van der Waals surface area contributed by atoms with Gasteiger partial charge in [-0.2, -0.15) is 0 Å². The summed E-state index contributed by atoms with van der Waals surface area (Å²) in [5.74, 6) is 0.167. The van der Waals surface area contributed by atoms with Crippen LogP contribution in [-0.4, -0.2) is 24.8 Å². The van der Waals surface area contributed by atoms with E-state index in [1.54, 1.807) is 4.90 Å². The van der Waals surface area contributed by atoms with Crippen LogP contribution in [-0.2, 0) is 4.79 Å². The summed E-state index contributed by atoms with van der Waals surface area (Å²) in [7, 11) is 3.64. The van der Waals surface area contributed by atoms with Gasteiger partial charge in [-0.15, -0.1) is 0 Å². The van der Waals surface area contributed by atoms with E-state index in [0.717, 1.165) is 0 Å². The predicted molar refractivity (Wildman–Crippen MR) is 42.7 cm³/mol. The van der Waals surface area contributed by atoms with Crippen LogP contribution in [0.1, 0.15) is 13.8 Å². The Labute approximate surface area is 62.5 Å². The minimum absolute atomic E-state index is 0.0508. The second kappa shape index (κ2) is 3.40. The number of allylic oxidation sites excluding steroid dienone is 1. The molecule has 0 atom stereocenters. The third-order valence-electron chi connectivity index (χ3n) is 1.35. The summed E-state index contributed by atoms with van der Waals surface area (Å²) in [6, 6.07) is 0. The van der Waals surface area contributed by atoms with Gasteiger partial charge < -0.3 is 4.90 Å². The SMILES string of the molecule is C=C(C(=O)C(C)C)N(C)C. The van der Waals surface area contributed by atoms with Crippen molar-refractivity contribution in [3.63, 3.8) is 0 Å². The highest BCUT2D eigenvalue weighted by molar-refractivity contribution is 5.95. The van der Waals surface area contributed by atoms with Crippen molar-refractivity contribution in [2.45, 2.75) is 13.8 Å². The predicted octanol–water partition coefficient (Wildman–Crippen LogP) is 1.29. The van der Waals surface area contributed by atoms with Crippen molar-refractivity contribution >= 4 is 5.78 Å². The topological polar surface area (TPSA) is 20.3 Å². The van der Waals surface area contributed by atoms with Crippen LogP contribution in [0.25, 0.3) is 0 Å². The molecule has 0 spiro atoms. The van der Waals surface area contributed by atoms with Crippen LogP contribution in [0, 0.1) is 5.92 Å². The summed E-state index contributed by atoms with van der Waals surface area (Å²) in [6.07, 6.45) is 0. The first-order valence-corrected chi connectivity index (χ1v) is 3.37. The van der Waals surface area contributed by atoms with Crippen LogP contribution >= 0.6 is 0 Å². The molecular formula is C8H15NO. The Balaban J connectivity index is 4.10. The van der Waals surface area contributed by atoms with E-state index < -0.39 is 0 Å². The molecule has 0 aliphatic carbocycles. The fraction of sp³-hybridized carbons (Fsp3) is 0.625. The third-order valence-corrected chi connectivity index (χ3v) is 1.35. The number of hydrogen-bond donors (Lipinski definition) is 0. The standard InChI is InChI=1S/C8H15NO/c1-6(2)8(10)7(3)9(4)5/h6H,3H2,1-2,4-5H3. The number of rotatable bonds is 3. The van der Waals surface area contributed by atoms with Crippen molar-refractivity contribution in [1.29, 1.82) is 0 Å². The van der Waals surface area contributed by atoms with Crippen LogP contribution < -0.4 is 0 Å². The van der Waals surface area contributed by atoms with Gasteiger partial charge in [0.15, 0.2) is 5.78 Å². The Kier molecular flexibility index (Phi) is 3.13. The van der Waals surface area contributed by atoms with Gasteiger partial charge in [0.05, 0.1) is 5.70 Å². The summed E-state index contributed by atoms with van der Waals surface area (Å²) >= 11 is 0. The van der Waals surface area contributed by atoms with Gasteiger partial charge in [0.2, 0.25) is 0 Å². The molecule has 0 heterocycles. The molecule has 0 bridgehead atoms. The number of carbonyl (C=O) groups excluding carboxylic acids is 1. The molecule has 0 N–H and O–H groups in total. The molecule has 2 heteroatoms. The second-order valence-electron chi connectivity index (χ2n) is 2.86. The van der Waals surface area contributed by atoms with Gasteiger partial charge in [-0.3, -0.25) is 4.79 Å². The average molecular weight is 141 g/mol. The lowest BCUT2D eigenvalue weighted by molar-refractivity contribution is -0.119. The van der Waals surface area contributed by atoms with Crippen molar-refractivity contribution in [1.82, 2.24) is 4.90 Å². The Bertz CT molecular complexity index is 129. The minimum atomic E-state index is 0.0508. The van der Waals surface area contributed by atoms with Gasteiger partial charge in [0.1, 0.15) is 0 Å². The lowest BCUT2D eigenvalue weighted by Gasteiger charge is -2.15. The van der Waals surface area contributed by atoms with Crippen LogP contribution in [0.5, 0.6) is 0 Å². The monoisotopic (exact) mass is 141 g/mol. The highest BCUT2D eigenvalue weighted by Crippen LogP contribution is 2.04.